The van der Waals surface area contributed by atoms with Crippen LogP contribution in [0.1, 0.15) is 25.0 Å². The van der Waals surface area contributed by atoms with Crippen LogP contribution in [0.25, 0.3) is 95.0 Å². The molecule has 0 amide bonds. The van der Waals surface area contributed by atoms with E-state index in [1.165, 1.54) is 44.3 Å². The molecule has 0 saturated heterocycles. The Morgan fingerprint density at radius 1 is 0.362 bits per heavy atom. The third-order valence-corrected chi connectivity index (χ3v) is 11.9. The van der Waals surface area contributed by atoms with Crippen molar-refractivity contribution in [2.75, 3.05) is 0 Å². The van der Waals surface area contributed by atoms with E-state index < -0.39 is 0 Å². The van der Waals surface area contributed by atoms with Gasteiger partial charge in [-0.2, -0.15) is 0 Å². The molecule has 4 heteroatoms. The van der Waals surface area contributed by atoms with Crippen LogP contribution in [0.4, 0.5) is 0 Å². The molecule has 274 valence electrons. The highest BCUT2D eigenvalue weighted by atomic mass is 15.0. The minimum atomic E-state index is -0.0809. The Hall–Kier alpha value is -7.43. The Labute approximate surface area is 337 Å². The zero-order valence-electron chi connectivity index (χ0n) is 32.3. The van der Waals surface area contributed by atoms with Crippen molar-refractivity contribution in [3.05, 3.63) is 205 Å². The molecule has 58 heavy (non-hydrogen) atoms. The van der Waals surface area contributed by atoms with Crippen LogP contribution < -0.4 is 0 Å². The van der Waals surface area contributed by atoms with Crippen molar-refractivity contribution in [2.24, 2.45) is 0 Å². The van der Waals surface area contributed by atoms with Gasteiger partial charge in [-0.3, -0.25) is 0 Å². The van der Waals surface area contributed by atoms with E-state index in [0.29, 0.717) is 17.5 Å². The topological polar surface area (TPSA) is 43.6 Å². The van der Waals surface area contributed by atoms with Crippen LogP contribution in [0, 0.1) is 0 Å². The molecular weight excluding hydrogens is 705 g/mol. The van der Waals surface area contributed by atoms with Gasteiger partial charge in [0.2, 0.25) is 0 Å². The van der Waals surface area contributed by atoms with Crippen LogP contribution >= 0.6 is 0 Å². The number of fused-ring (bicyclic) bond motifs is 6. The molecular formula is C54H38N4. The number of aromatic nitrogens is 4. The first-order chi connectivity index (χ1) is 28.5. The Bertz CT molecular complexity index is 3120. The van der Waals surface area contributed by atoms with Crippen molar-refractivity contribution in [1.82, 2.24) is 19.5 Å². The lowest BCUT2D eigenvalue weighted by atomic mass is 9.81. The summed E-state index contributed by atoms with van der Waals surface area (Å²) < 4.78 is 2.40. The van der Waals surface area contributed by atoms with E-state index in [2.05, 4.69) is 176 Å². The third kappa shape index (κ3) is 5.48. The van der Waals surface area contributed by atoms with Crippen LogP contribution in [-0.2, 0) is 5.41 Å². The molecule has 10 aromatic rings. The standard InChI is InChI=1S/C54H38N4/c1-54(2)47-27-13-12-24-42(47)43-30-28-40(34-48(43)54)39-29-31-49-46(33-39)44-25-15-26-45(50(44)58(49)41-23-14-22-38(32-41)35-16-6-3-7-17-35)53-56-51(36-18-8-4-9-19-36)55-52(57-53)37-20-10-5-11-21-37/h3-34H,1-2H3. The van der Waals surface area contributed by atoms with E-state index in [-0.39, 0.29) is 5.41 Å². The van der Waals surface area contributed by atoms with Crippen molar-refractivity contribution >= 4 is 21.8 Å². The summed E-state index contributed by atoms with van der Waals surface area (Å²) in [5, 5.41) is 2.31. The first-order valence-electron chi connectivity index (χ1n) is 19.9. The number of hydrogen-bond donors (Lipinski definition) is 0. The van der Waals surface area contributed by atoms with Crippen molar-refractivity contribution < 1.29 is 0 Å². The summed E-state index contributed by atoms with van der Waals surface area (Å²) in [4.78, 5) is 15.4. The maximum Gasteiger partial charge on any atom is 0.166 e. The predicted octanol–water partition coefficient (Wildman–Crippen LogP) is 13.6. The molecule has 0 radical (unpaired) electrons. The van der Waals surface area contributed by atoms with Gasteiger partial charge in [-0.25, -0.2) is 15.0 Å². The number of nitrogens with zero attached hydrogens (tertiary/aromatic N) is 4. The lowest BCUT2D eigenvalue weighted by molar-refractivity contribution is 0.660. The second kappa shape index (κ2) is 13.4. The van der Waals surface area contributed by atoms with E-state index >= 15 is 0 Å². The van der Waals surface area contributed by atoms with E-state index in [1.54, 1.807) is 0 Å². The number of rotatable bonds is 6. The van der Waals surface area contributed by atoms with Crippen LogP contribution in [0.3, 0.4) is 0 Å². The second-order valence-corrected chi connectivity index (χ2v) is 15.7. The van der Waals surface area contributed by atoms with Gasteiger partial charge < -0.3 is 4.57 Å². The lowest BCUT2D eigenvalue weighted by Gasteiger charge is -2.22. The maximum atomic E-state index is 5.21. The monoisotopic (exact) mass is 742 g/mol. The molecule has 11 rings (SSSR count). The fourth-order valence-corrected chi connectivity index (χ4v) is 8.97. The summed E-state index contributed by atoms with van der Waals surface area (Å²) >= 11 is 0. The molecule has 1 aliphatic rings. The number of benzene rings is 8. The average molecular weight is 743 g/mol. The van der Waals surface area contributed by atoms with Gasteiger partial charge in [-0.15, -0.1) is 0 Å². The summed E-state index contributed by atoms with van der Waals surface area (Å²) in [6.07, 6.45) is 0. The third-order valence-electron chi connectivity index (χ3n) is 11.9. The van der Waals surface area contributed by atoms with Crippen LogP contribution in [-0.4, -0.2) is 19.5 Å². The van der Waals surface area contributed by atoms with Crippen molar-refractivity contribution in [2.45, 2.75) is 19.3 Å². The zero-order chi connectivity index (χ0) is 38.8. The van der Waals surface area contributed by atoms with Gasteiger partial charge >= 0.3 is 0 Å². The smallest absolute Gasteiger partial charge is 0.166 e. The fourth-order valence-electron chi connectivity index (χ4n) is 8.97. The summed E-state index contributed by atoms with van der Waals surface area (Å²) in [5.74, 6) is 1.90. The molecule has 0 unspecified atom stereocenters. The highest BCUT2D eigenvalue weighted by Gasteiger charge is 2.35. The Kier molecular flexibility index (Phi) is 7.80. The normalized spacial score (nSPS) is 12.8. The summed E-state index contributed by atoms with van der Waals surface area (Å²) in [5.41, 5.74) is 16.1. The molecule has 1 aliphatic carbocycles. The highest BCUT2D eigenvalue weighted by Crippen LogP contribution is 2.50. The van der Waals surface area contributed by atoms with Gasteiger partial charge in [0.15, 0.2) is 17.5 Å². The lowest BCUT2D eigenvalue weighted by Crippen LogP contribution is -2.14. The summed E-state index contributed by atoms with van der Waals surface area (Å²) in [7, 11) is 0. The molecule has 0 fully saturated rings. The highest BCUT2D eigenvalue weighted by molar-refractivity contribution is 6.14. The Balaban J connectivity index is 1.16. The van der Waals surface area contributed by atoms with Crippen LogP contribution in [0.2, 0.25) is 0 Å². The van der Waals surface area contributed by atoms with Crippen molar-refractivity contribution in [3.63, 3.8) is 0 Å². The quantitative estimate of drug-likeness (QED) is 0.170. The summed E-state index contributed by atoms with van der Waals surface area (Å²) in [6.45, 7) is 4.69. The zero-order valence-corrected chi connectivity index (χ0v) is 32.3. The van der Waals surface area contributed by atoms with E-state index in [1.807, 2.05) is 36.4 Å². The van der Waals surface area contributed by atoms with Gasteiger partial charge in [0.05, 0.1) is 11.0 Å². The van der Waals surface area contributed by atoms with E-state index in [0.717, 1.165) is 44.4 Å². The molecule has 0 N–H and O–H groups in total. The van der Waals surface area contributed by atoms with Gasteiger partial charge in [0.25, 0.3) is 0 Å². The van der Waals surface area contributed by atoms with Gasteiger partial charge in [-0.1, -0.05) is 172 Å². The van der Waals surface area contributed by atoms with Crippen molar-refractivity contribution in [1.29, 1.82) is 0 Å². The maximum absolute atomic E-state index is 5.21. The average Bonchev–Trinajstić information content (AvgIpc) is 3.75. The molecule has 4 nitrogen and oxygen atoms in total. The first kappa shape index (κ1) is 33.9. The number of para-hydroxylation sites is 1. The number of hydrogen-bond acceptors (Lipinski definition) is 3. The molecule has 0 spiro atoms. The predicted molar refractivity (Wildman–Crippen MR) is 239 cm³/mol. The molecule has 2 aromatic heterocycles. The van der Waals surface area contributed by atoms with Gasteiger partial charge in [0.1, 0.15) is 0 Å². The van der Waals surface area contributed by atoms with Crippen LogP contribution in [0.15, 0.2) is 194 Å². The minimum absolute atomic E-state index is 0.0809. The molecule has 0 saturated carbocycles. The van der Waals surface area contributed by atoms with Crippen molar-refractivity contribution in [3.8, 4) is 73.2 Å². The Morgan fingerprint density at radius 3 is 1.62 bits per heavy atom. The molecule has 8 aromatic carbocycles. The molecule has 0 atom stereocenters. The molecule has 2 heterocycles. The van der Waals surface area contributed by atoms with E-state index in [4.69, 9.17) is 15.0 Å². The fraction of sp³-hybridized carbons (Fsp3) is 0.0556. The SMILES string of the molecule is CC1(C)c2ccccc2-c2ccc(-c3ccc4c(c3)c3cccc(-c5nc(-c6ccccc6)nc(-c6ccccc6)n5)c3n4-c3cccc(-c4ccccc4)c3)cc21. The molecule has 0 bridgehead atoms. The minimum Gasteiger partial charge on any atom is -0.308 e. The largest absolute Gasteiger partial charge is 0.308 e. The van der Waals surface area contributed by atoms with Crippen LogP contribution in [0.5, 0.6) is 0 Å². The Morgan fingerprint density at radius 2 is 0.897 bits per heavy atom. The second-order valence-electron chi connectivity index (χ2n) is 15.7. The first-order valence-corrected chi connectivity index (χ1v) is 19.9. The van der Waals surface area contributed by atoms with E-state index in [9.17, 15) is 0 Å². The van der Waals surface area contributed by atoms with Gasteiger partial charge in [0, 0.05) is 38.6 Å². The van der Waals surface area contributed by atoms with Gasteiger partial charge in [-0.05, 0) is 80.9 Å². The summed E-state index contributed by atoms with van der Waals surface area (Å²) in [6, 6.07) is 69.1. The molecule has 0 aliphatic heterocycles.